The Balaban J connectivity index is 1.68. The third-order valence-corrected chi connectivity index (χ3v) is 5.58. The van der Waals surface area contributed by atoms with Crippen LogP contribution >= 0.6 is 11.8 Å². The molecular weight excluding hydrogens is 416 g/mol. The molecule has 31 heavy (non-hydrogen) atoms. The monoisotopic (exact) mass is 442 g/mol. The molecule has 2 aromatic carbocycles. The van der Waals surface area contributed by atoms with E-state index in [0.717, 1.165) is 5.69 Å². The molecule has 164 valence electrons. The summed E-state index contributed by atoms with van der Waals surface area (Å²) in [5, 5.41) is 11.6. The number of amides is 1. The van der Waals surface area contributed by atoms with Gasteiger partial charge in [0.1, 0.15) is 6.33 Å². The first-order valence-electron chi connectivity index (χ1n) is 9.69. The number of anilines is 1. The van der Waals surface area contributed by atoms with E-state index in [1.807, 2.05) is 16.7 Å². The molecule has 3 aromatic rings. The van der Waals surface area contributed by atoms with Gasteiger partial charge in [0.15, 0.2) is 16.7 Å². The van der Waals surface area contributed by atoms with Crippen LogP contribution < -0.4 is 19.5 Å². The van der Waals surface area contributed by atoms with Gasteiger partial charge in [-0.25, -0.2) is 0 Å². The number of nitrogens with one attached hydrogen (secondary N) is 1. The average molecular weight is 443 g/mol. The molecule has 0 spiro atoms. The van der Waals surface area contributed by atoms with Crippen LogP contribution in [0.3, 0.4) is 0 Å². The van der Waals surface area contributed by atoms with Gasteiger partial charge in [0, 0.05) is 23.5 Å². The predicted molar refractivity (Wildman–Crippen MR) is 121 cm³/mol. The van der Waals surface area contributed by atoms with Gasteiger partial charge < -0.3 is 19.5 Å². The van der Waals surface area contributed by atoms with E-state index in [-0.39, 0.29) is 11.7 Å². The highest BCUT2D eigenvalue weighted by Gasteiger charge is 2.15. The first kappa shape index (κ1) is 22.5. The Morgan fingerprint density at radius 3 is 2.26 bits per heavy atom. The molecule has 0 radical (unpaired) electrons. The van der Waals surface area contributed by atoms with Gasteiger partial charge in [-0.05, 0) is 23.6 Å². The van der Waals surface area contributed by atoms with Crippen LogP contribution in [0.1, 0.15) is 25.3 Å². The molecule has 1 aromatic heterocycles. The number of rotatable bonds is 9. The summed E-state index contributed by atoms with van der Waals surface area (Å²) in [7, 11) is 4.58. The Bertz CT molecular complexity index is 1010. The van der Waals surface area contributed by atoms with Crippen molar-refractivity contribution in [2.24, 2.45) is 0 Å². The van der Waals surface area contributed by atoms with E-state index in [1.54, 1.807) is 18.5 Å². The topological polar surface area (TPSA) is 87.5 Å². The van der Waals surface area contributed by atoms with Crippen LogP contribution in [0.15, 0.2) is 47.9 Å². The number of hydrogen-bond donors (Lipinski definition) is 1. The van der Waals surface area contributed by atoms with Crippen LogP contribution in [-0.4, -0.2) is 47.8 Å². The van der Waals surface area contributed by atoms with Crippen molar-refractivity contribution in [1.29, 1.82) is 0 Å². The first-order valence-corrected chi connectivity index (χ1v) is 10.7. The number of hydrogen-bond acceptors (Lipinski definition) is 7. The van der Waals surface area contributed by atoms with Crippen molar-refractivity contribution in [3.63, 3.8) is 0 Å². The van der Waals surface area contributed by atoms with Crippen molar-refractivity contribution in [1.82, 2.24) is 14.8 Å². The Hall–Kier alpha value is -3.20. The number of nitrogens with zero attached hydrogens (tertiary/aromatic N) is 3. The maximum absolute atomic E-state index is 12.5. The van der Waals surface area contributed by atoms with E-state index in [4.69, 9.17) is 14.2 Å². The number of ether oxygens (including phenoxy) is 3. The minimum absolute atomic E-state index is 0.166. The molecule has 0 aliphatic carbocycles. The number of carbonyl (C=O) groups is 1. The van der Waals surface area contributed by atoms with E-state index in [0.29, 0.717) is 34.0 Å². The van der Waals surface area contributed by atoms with Crippen LogP contribution in [0.2, 0.25) is 0 Å². The van der Waals surface area contributed by atoms with Crippen LogP contribution in [0.25, 0.3) is 5.69 Å². The average Bonchev–Trinajstić information content (AvgIpc) is 3.25. The largest absolute Gasteiger partial charge is 0.493 e. The van der Waals surface area contributed by atoms with E-state index in [2.05, 4.69) is 41.5 Å². The molecule has 0 atom stereocenters. The van der Waals surface area contributed by atoms with Crippen molar-refractivity contribution in [2.75, 3.05) is 32.4 Å². The van der Waals surface area contributed by atoms with Gasteiger partial charge in [-0.1, -0.05) is 37.7 Å². The first-order chi connectivity index (χ1) is 15.0. The molecule has 0 unspecified atom stereocenters. The fourth-order valence-corrected chi connectivity index (χ4v) is 3.73. The Kier molecular flexibility index (Phi) is 7.41. The summed E-state index contributed by atoms with van der Waals surface area (Å²) in [5.74, 6) is 1.84. The SMILES string of the molecule is COc1cc(NC(=O)CSc2nncn2-c2ccc(C(C)C)cc2)cc(OC)c1OC. The number of thioether (sulfide) groups is 1. The smallest absolute Gasteiger partial charge is 0.234 e. The lowest BCUT2D eigenvalue weighted by Crippen LogP contribution is -2.15. The van der Waals surface area contributed by atoms with Crippen LogP contribution in [0, 0.1) is 0 Å². The quantitative estimate of drug-likeness (QED) is 0.498. The molecule has 0 aliphatic rings. The fourth-order valence-electron chi connectivity index (χ4n) is 3.00. The lowest BCUT2D eigenvalue weighted by atomic mass is 10.0. The van der Waals surface area contributed by atoms with Gasteiger partial charge in [-0.3, -0.25) is 9.36 Å². The second-order valence-electron chi connectivity index (χ2n) is 6.98. The number of benzene rings is 2. The minimum Gasteiger partial charge on any atom is -0.493 e. The molecule has 8 nitrogen and oxygen atoms in total. The maximum Gasteiger partial charge on any atom is 0.234 e. The highest BCUT2D eigenvalue weighted by Crippen LogP contribution is 2.40. The van der Waals surface area contributed by atoms with Crippen molar-refractivity contribution >= 4 is 23.4 Å². The van der Waals surface area contributed by atoms with E-state index >= 15 is 0 Å². The zero-order valence-electron chi connectivity index (χ0n) is 18.2. The molecule has 1 amide bonds. The molecule has 0 bridgehead atoms. The van der Waals surface area contributed by atoms with Crippen molar-refractivity contribution < 1.29 is 19.0 Å². The third kappa shape index (κ3) is 5.29. The zero-order valence-corrected chi connectivity index (χ0v) is 19.0. The molecule has 1 N–H and O–H groups in total. The summed E-state index contributed by atoms with van der Waals surface area (Å²) in [4.78, 5) is 12.5. The molecule has 0 fully saturated rings. The summed E-state index contributed by atoms with van der Waals surface area (Å²) in [5.41, 5.74) is 2.75. The minimum atomic E-state index is -0.191. The van der Waals surface area contributed by atoms with E-state index in [9.17, 15) is 4.79 Å². The van der Waals surface area contributed by atoms with Crippen molar-refractivity contribution in [3.05, 3.63) is 48.3 Å². The van der Waals surface area contributed by atoms with Gasteiger partial charge >= 0.3 is 0 Å². The highest BCUT2D eigenvalue weighted by molar-refractivity contribution is 7.99. The van der Waals surface area contributed by atoms with Gasteiger partial charge in [0.25, 0.3) is 0 Å². The summed E-state index contributed by atoms with van der Waals surface area (Å²) in [6.07, 6.45) is 1.64. The molecule has 0 saturated carbocycles. The molecule has 9 heteroatoms. The standard InChI is InChI=1S/C22H26N4O4S/c1-14(2)15-6-8-17(9-7-15)26-13-23-25-22(26)31-12-20(27)24-16-10-18(28-3)21(30-5)19(11-16)29-4/h6-11,13-14H,12H2,1-5H3,(H,24,27). The summed E-state index contributed by atoms with van der Waals surface area (Å²) in [6, 6.07) is 11.6. The molecule has 0 aliphatic heterocycles. The maximum atomic E-state index is 12.5. The Morgan fingerprint density at radius 2 is 1.71 bits per heavy atom. The molecule has 3 rings (SSSR count). The summed E-state index contributed by atoms with van der Waals surface area (Å²) < 4.78 is 17.8. The van der Waals surface area contributed by atoms with Gasteiger partial charge in [-0.15, -0.1) is 10.2 Å². The van der Waals surface area contributed by atoms with Gasteiger partial charge in [-0.2, -0.15) is 0 Å². The number of methoxy groups -OCH3 is 3. The third-order valence-electron chi connectivity index (χ3n) is 4.64. The van der Waals surface area contributed by atoms with Crippen molar-refractivity contribution in [3.8, 4) is 22.9 Å². The predicted octanol–water partition coefficient (Wildman–Crippen LogP) is 4.15. The van der Waals surface area contributed by atoms with Crippen LogP contribution in [0.4, 0.5) is 5.69 Å². The van der Waals surface area contributed by atoms with E-state index < -0.39 is 0 Å². The number of carbonyl (C=O) groups excluding carboxylic acids is 1. The summed E-state index contributed by atoms with van der Waals surface area (Å²) in [6.45, 7) is 4.31. The molecule has 1 heterocycles. The van der Waals surface area contributed by atoms with Gasteiger partial charge in [0.2, 0.25) is 11.7 Å². The molecule has 0 saturated heterocycles. The lowest BCUT2D eigenvalue weighted by molar-refractivity contribution is -0.113. The van der Waals surface area contributed by atoms with Gasteiger partial charge in [0.05, 0.1) is 27.1 Å². The van der Waals surface area contributed by atoms with Crippen LogP contribution in [-0.2, 0) is 4.79 Å². The zero-order chi connectivity index (χ0) is 22.4. The Labute approximate surface area is 185 Å². The van der Waals surface area contributed by atoms with E-state index in [1.165, 1.54) is 38.7 Å². The van der Waals surface area contributed by atoms with Crippen LogP contribution in [0.5, 0.6) is 17.2 Å². The highest BCUT2D eigenvalue weighted by atomic mass is 32.2. The molecular formula is C22H26N4O4S. The normalized spacial score (nSPS) is 10.8. The second kappa shape index (κ2) is 10.2. The van der Waals surface area contributed by atoms with Crippen molar-refractivity contribution in [2.45, 2.75) is 24.9 Å². The fraction of sp³-hybridized carbons (Fsp3) is 0.318. The number of aromatic nitrogens is 3. The summed E-state index contributed by atoms with van der Waals surface area (Å²) >= 11 is 1.30. The lowest BCUT2D eigenvalue weighted by Gasteiger charge is -2.14. The Morgan fingerprint density at radius 1 is 1.06 bits per heavy atom. The second-order valence-corrected chi connectivity index (χ2v) is 7.92.